The van der Waals surface area contributed by atoms with Gasteiger partial charge in [0, 0.05) is 21.4 Å². The quantitative estimate of drug-likeness (QED) is 0.540. The first kappa shape index (κ1) is 12.5. The maximum absolute atomic E-state index is 10.3. The van der Waals surface area contributed by atoms with Crippen molar-refractivity contribution in [2.24, 2.45) is 0 Å². The van der Waals surface area contributed by atoms with E-state index in [0.717, 1.165) is 0 Å². The van der Waals surface area contributed by atoms with E-state index in [1.807, 2.05) is 0 Å². The highest BCUT2D eigenvalue weighted by atomic mass is 35.7. The van der Waals surface area contributed by atoms with E-state index in [4.69, 9.17) is 21.4 Å². The second kappa shape index (κ2) is 4.64. The van der Waals surface area contributed by atoms with E-state index in [-0.39, 0.29) is 24.3 Å². The fourth-order valence-corrected chi connectivity index (χ4v) is 2.30. The first-order valence-corrected chi connectivity index (χ1v) is 8.01. The van der Waals surface area contributed by atoms with Gasteiger partial charge in [0.1, 0.15) is 0 Å². The molecule has 0 atom stereocenters. The average molecular weight is 255 g/mol. The summed E-state index contributed by atoms with van der Waals surface area (Å²) in [5.41, 5.74) is 0. The SMILES string of the molecule is O=S(=O)(Cl)CCCCS(=O)(=O)Cl. The van der Waals surface area contributed by atoms with Crippen LogP contribution >= 0.6 is 21.4 Å². The lowest BCUT2D eigenvalue weighted by atomic mass is 10.4. The second-order valence-corrected chi connectivity index (χ2v) is 7.99. The molecule has 12 heavy (non-hydrogen) atoms. The summed E-state index contributed by atoms with van der Waals surface area (Å²) in [5, 5.41) is 0. The Morgan fingerprint density at radius 2 is 1.00 bits per heavy atom. The molecule has 0 aliphatic carbocycles. The average Bonchev–Trinajstić information content (AvgIpc) is 1.76. The van der Waals surface area contributed by atoms with Crippen LogP contribution in [0.1, 0.15) is 12.8 Å². The minimum absolute atomic E-state index is 0.206. The Morgan fingerprint density at radius 1 is 0.750 bits per heavy atom. The van der Waals surface area contributed by atoms with Crippen LogP contribution in [-0.4, -0.2) is 28.3 Å². The van der Waals surface area contributed by atoms with E-state index in [1.54, 1.807) is 0 Å². The van der Waals surface area contributed by atoms with Crippen LogP contribution in [0, 0.1) is 0 Å². The lowest BCUT2D eigenvalue weighted by Gasteiger charge is -1.95. The van der Waals surface area contributed by atoms with Crippen LogP contribution in [0.3, 0.4) is 0 Å². The van der Waals surface area contributed by atoms with Gasteiger partial charge >= 0.3 is 0 Å². The van der Waals surface area contributed by atoms with Gasteiger partial charge in [0.05, 0.1) is 11.5 Å². The summed E-state index contributed by atoms with van der Waals surface area (Å²) >= 11 is 0. The highest BCUT2D eigenvalue weighted by Crippen LogP contribution is 2.05. The first-order valence-electron chi connectivity index (χ1n) is 3.05. The van der Waals surface area contributed by atoms with E-state index >= 15 is 0 Å². The second-order valence-electron chi connectivity index (χ2n) is 2.19. The molecule has 0 aromatic heterocycles. The van der Waals surface area contributed by atoms with Crippen molar-refractivity contribution < 1.29 is 16.8 Å². The number of rotatable bonds is 5. The van der Waals surface area contributed by atoms with E-state index in [9.17, 15) is 16.8 Å². The van der Waals surface area contributed by atoms with Crippen molar-refractivity contribution in [2.45, 2.75) is 12.8 Å². The molecule has 8 heteroatoms. The third-order valence-electron chi connectivity index (χ3n) is 1.03. The van der Waals surface area contributed by atoms with Gasteiger partial charge in [-0.25, -0.2) is 16.8 Å². The number of hydrogen-bond acceptors (Lipinski definition) is 4. The van der Waals surface area contributed by atoms with Crippen LogP contribution < -0.4 is 0 Å². The molecule has 0 aliphatic heterocycles. The number of unbranched alkanes of at least 4 members (excludes halogenated alkanes) is 1. The maximum atomic E-state index is 10.3. The summed E-state index contributed by atoms with van der Waals surface area (Å²) in [6.45, 7) is 0. The molecule has 0 saturated carbocycles. The first-order chi connectivity index (χ1) is 5.21. The third kappa shape index (κ3) is 10.5. The monoisotopic (exact) mass is 254 g/mol. The lowest BCUT2D eigenvalue weighted by Crippen LogP contribution is -2.02. The van der Waals surface area contributed by atoms with Gasteiger partial charge in [0.2, 0.25) is 18.1 Å². The Morgan fingerprint density at radius 3 is 1.17 bits per heavy atom. The van der Waals surface area contributed by atoms with Crippen molar-refractivity contribution in [3.63, 3.8) is 0 Å². The smallest absolute Gasteiger partial charge is 0.212 e. The van der Waals surface area contributed by atoms with Crippen LogP contribution in [0.4, 0.5) is 0 Å². The Kier molecular flexibility index (Phi) is 4.83. The summed E-state index contributed by atoms with van der Waals surface area (Å²) in [7, 11) is 2.73. The zero-order valence-corrected chi connectivity index (χ0v) is 9.18. The van der Waals surface area contributed by atoms with Gasteiger partial charge in [-0.1, -0.05) is 0 Å². The molecular weight excluding hydrogens is 247 g/mol. The van der Waals surface area contributed by atoms with Gasteiger partial charge in [-0.05, 0) is 12.8 Å². The Balaban J connectivity index is 3.62. The van der Waals surface area contributed by atoms with Gasteiger partial charge < -0.3 is 0 Å². The molecule has 0 spiro atoms. The summed E-state index contributed by atoms with van der Waals surface area (Å²) < 4.78 is 41.4. The summed E-state index contributed by atoms with van der Waals surface area (Å²) in [6, 6.07) is 0. The van der Waals surface area contributed by atoms with Crippen LogP contribution in [0.5, 0.6) is 0 Å². The summed E-state index contributed by atoms with van der Waals surface area (Å²) in [4.78, 5) is 0. The highest BCUT2D eigenvalue weighted by molar-refractivity contribution is 8.14. The highest BCUT2D eigenvalue weighted by Gasteiger charge is 2.08. The van der Waals surface area contributed by atoms with Gasteiger partial charge in [-0.2, -0.15) is 0 Å². The van der Waals surface area contributed by atoms with Crippen molar-refractivity contribution in [3.8, 4) is 0 Å². The van der Waals surface area contributed by atoms with Gasteiger partial charge in [-0.15, -0.1) is 0 Å². The van der Waals surface area contributed by atoms with Crippen LogP contribution in [0.15, 0.2) is 0 Å². The Labute approximate surface area is 80.7 Å². The van der Waals surface area contributed by atoms with Crippen molar-refractivity contribution in [2.75, 3.05) is 11.5 Å². The topological polar surface area (TPSA) is 68.3 Å². The molecule has 0 aromatic carbocycles. The number of halogens is 2. The summed E-state index contributed by atoms with van der Waals surface area (Å²) in [6.07, 6.45) is 0.412. The third-order valence-corrected chi connectivity index (χ3v) is 3.50. The Bertz CT molecular complexity index is 283. The minimum atomic E-state index is -3.51. The maximum Gasteiger partial charge on any atom is 0.232 e. The molecule has 0 aromatic rings. The standard InChI is InChI=1S/C4H8Cl2O4S2/c5-11(7,8)3-1-2-4-12(6,9)10/h1-4H2. The predicted octanol–water partition coefficient (Wildman–Crippen LogP) is 0.904. The molecule has 0 fully saturated rings. The number of hydrogen-bond donors (Lipinski definition) is 0. The Hall–Kier alpha value is 0.480. The van der Waals surface area contributed by atoms with Crippen molar-refractivity contribution in [3.05, 3.63) is 0 Å². The molecule has 0 radical (unpaired) electrons. The van der Waals surface area contributed by atoms with E-state index in [1.165, 1.54) is 0 Å². The zero-order valence-electron chi connectivity index (χ0n) is 6.03. The van der Waals surface area contributed by atoms with Crippen molar-refractivity contribution in [1.82, 2.24) is 0 Å². The molecule has 4 nitrogen and oxygen atoms in total. The van der Waals surface area contributed by atoms with E-state index < -0.39 is 18.1 Å². The molecule has 0 saturated heterocycles. The summed E-state index contributed by atoms with van der Waals surface area (Å²) in [5.74, 6) is -0.443. The largest absolute Gasteiger partial charge is 0.232 e. The fraction of sp³-hybridized carbons (Fsp3) is 1.00. The molecule has 0 aliphatic rings. The van der Waals surface area contributed by atoms with Gasteiger partial charge in [0.25, 0.3) is 0 Å². The molecule has 74 valence electrons. The zero-order chi connectivity index (χ0) is 9.83. The normalized spacial score (nSPS) is 13.2. The van der Waals surface area contributed by atoms with E-state index in [0.29, 0.717) is 0 Å². The predicted molar refractivity (Wildman–Crippen MR) is 48.5 cm³/mol. The molecule has 0 N–H and O–H groups in total. The molecule has 0 amide bonds. The molecule has 0 heterocycles. The molecule has 0 rings (SSSR count). The van der Waals surface area contributed by atoms with Gasteiger partial charge in [0.15, 0.2) is 0 Å². The van der Waals surface area contributed by atoms with Crippen LogP contribution in [-0.2, 0) is 18.1 Å². The van der Waals surface area contributed by atoms with E-state index in [2.05, 4.69) is 0 Å². The van der Waals surface area contributed by atoms with Crippen LogP contribution in [0.2, 0.25) is 0 Å². The lowest BCUT2D eigenvalue weighted by molar-refractivity contribution is 0.599. The molecule has 0 unspecified atom stereocenters. The fourth-order valence-electron chi connectivity index (χ4n) is 0.549. The van der Waals surface area contributed by atoms with Crippen molar-refractivity contribution in [1.29, 1.82) is 0 Å². The minimum Gasteiger partial charge on any atom is -0.212 e. The molecular formula is C4H8Cl2O4S2. The van der Waals surface area contributed by atoms with Gasteiger partial charge in [-0.3, -0.25) is 0 Å². The van der Waals surface area contributed by atoms with Crippen molar-refractivity contribution >= 4 is 39.5 Å². The molecule has 0 bridgehead atoms. The van der Waals surface area contributed by atoms with Crippen LogP contribution in [0.25, 0.3) is 0 Å².